The molecular formula is C17H24FNO2S. The fourth-order valence-corrected chi connectivity index (χ4v) is 3.06. The molecule has 122 valence electrons. The summed E-state index contributed by atoms with van der Waals surface area (Å²) in [5, 5.41) is 1.04. The molecule has 1 aromatic rings. The lowest BCUT2D eigenvalue weighted by Crippen LogP contribution is -2.12. The van der Waals surface area contributed by atoms with Crippen LogP contribution < -0.4 is 0 Å². The van der Waals surface area contributed by atoms with E-state index in [1.807, 2.05) is 13.8 Å². The molecule has 1 rings (SSSR count). The zero-order valence-electron chi connectivity index (χ0n) is 13.5. The highest BCUT2D eigenvalue weighted by Gasteiger charge is 2.14. The van der Waals surface area contributed by atoms with Gasteiger partial charge in [-0.2, -0.15) is 0 Å². The summed E-state index contributed by atoms with van der Waals surface area (Å²) in [6.07, 6.45) is 1.14. The number of ether oxygens (including phenoxy) is 1. The van der Waals surface area contributed by atoms with Crippen LogP contribution in [0.4, 0.5) is 4.39 Å². The minimum atomic E-state index is -0.223. The lowest BCUT2D eigenvalue weighted by Gasteiger charge is -2.14. The van der Waals surface area contributed by atoms with E-state index in [-0.39, 0.29) is 17.7 Å². The van der Waals surface area contributed by atoms with E-state index >= 15 is 0 Å². The van der Waals surface area contributed by atoms with Crippen LogP contribution in [0.3, 0.4) is 0 Å². The molecule has 0 aliphatic heterocycles. The van der Waals surface area contributed by atoms with Crippen LogP contribution in [0.1, 0.15) is 39.2 Å². The van der Waals surface area contributed by atoms with Crippen molar-refractivity contribution in [2.24, 2.45) is 10.9 Å². The van der Waals surface area contributed by atoms with Crippen molar-refractivity contribution >= 4 is 22.8 Å². The lowest BCUT2D eigenvalue weighted by molar-refractivity contribution is -0.143. The van der Waals surface area contributed by atoms with E-state index in [2.05, 4.69) is 11.9 Å². The van der Waals surface area contributed by atoms with Crippen molar-refractivity contribution in [3.63, 3.8) is 0 Å². The van der Waals surface area contributed by atoms with Gasteiger partial charge in [0.15, 0.2) is 0 Å². The van der Waals surface area contributed by atoms with Gasteiger partial charge in [0, 0.05) is 24.6 Å². The number of carbonyl (C=O) groups is 1. The molecular weight excluding hydrogens is 301 g/mol. The average molecular weight is 325 g/mol. The first-order chi connectivity index (χ1) is 10.6. The Balaban J connectivity index is 2.52. The molecule has 1 unspecified atom stereocenters. The molecule has 0 amide bonds. The SMILES string of the molecule is CCN=C(SCc1ccc(F)cc1)C(C)CCC(=O)OCC. The van der Waals surface area contributed by atoms with E-state index in [9.17, 15) is 9.18 Å². The first-order valence-corrected chi connectivity index (χ1v) is 8.62. The Morgan fingerprint density at radius 3 is 2.59 bits per heavy atom. The van der Waals surface area contributed by atoms with Crippen LogP contribution >= 0.6 is 11.8 Å². The van der Waals surface area contributed by atoms with Gasteiger partial charge in [-0.3, -0.25) is 9.79 Å². The van der Waals surface area contributed by atoms with Gasteiger partial charge in [0.05, 0.1) is 11.7 Å². The van der Waals surface area contributed by atoms with Gasteiger partial charge in [0.1, 0.15) is 5.82 Å². The minimum Gasteiger partial charge on any atom is -0.466 e. The van der Waals surface area contributed by atoms with Crippen molar-refractivity contribution < 1.29 is 13.9 Å². The molecule has 0 aromatic heterocycles. The number of aliphatic imine (C=N–C) groups is 1. The van der Waals surface area contributed by atoms with Gasteiger partial charge >= 0.3 is 5.97 Å². The predicted octanol–water partition coefficient (Wildman–Crippen LogP) is 4.46. The van der Waals surface area contributed by atoms with Gasteiger partial charge in [0.2, 0.25) is 0 Å². The fourth-order valence-electron chi connectivity index (χ4n) is 1.93. The molecule has 0 saturated carbocycles. The van der Waals surface area contributed by atoms with Crippen molar-refractivity contribution in [3.05, 3.63) is 35.6 Å². The first kappa shape index (κ1) is 18.7. The van der Waals surface area contributed by atoms with Crippen LogP contribution in [0.5, 0.6) is 0 Å². The molecule has 0 fully saturated rings. The third-order valence-corrected chi connectivity index (χ3v) is 4.43. The van der Waals surface area contributed by atoms with Crippen LogP contribution in [0, 0.1) is 11.7 Å². The molecule has 0 aliphatic carbocycles. The van der Waals surface area contributed by atoms with Crippen molar-refractivity contribution in [3.8, 4) is 0 Å². The normalized spacial score (nSPS) is 13.0. The van der Waals surface area contributed by atoms with Gasteiger partial charge in [-0.1, -0.05) is 19.1 Å². The molecule has 0 aliphatic rings. The molecule has 1 aromatic carbocycles. The summed E-state index contributed by atoms with van der Waals surface area (Å²) in [7, 11) is 0. The monoisotopic (exact) mass is 325 g/mol. The van der Waals surface area contributed by atoms with Gasteiger partial charge in [-0.15, -0.1) is 11.8 Å². The second-order valence-electron chi connectivity index (χ2n) is 4.97. The van der Waals surface area contributed by atoms with Crippen molar-refractivity contribution in [1.82, 2.24) is 0 Å². The molecule has 1 atom stereocenters. The average Bonchev–Trinajstić information content (AvgIpc) is 2.51. The Bertz CT molecular complexity index is 488. The summed E-state index contributed by atoms with van der Waals surface area (Å²) in [6.45, 7) is 7.02. The maximum absolute atomic E-state index is 12.9. The molecule has 0 radical (unpaired) electrons. The number of hydrogen-bond donors (Lipinski definition) is 0. The Hall–Kier alpha value is -1.36. The van der Waals surface area contributed by atoms with Gasteiger partial charge < -0.3 is 4.74 Å². The third-order valence-electron chi connectivity index (χ3n) is 3.12. The van der Waals surface area contributed by atoms with E-state index in [1.165, 1.54) is 12.1 Å². The highest BCUT2D eigenvalue weighted by molar-refractivity contribution is 8.13. The molecule has 0 N–H and O–H groups in total. The lowest BCUT2D eigenvalue weighted by atomic mass is 10.1. The fraction of sp³-hybridized carbons (Fsp3) is 0.529. The summed E-state index contributed by atoms with van der Waals surface area (Å²) in [6, 6.07) is 6.51. The Labute approximate surface area is 136 Å². The van der Waals surface area contributed by atoms with Crippen LogP contribution in [0.2, 0.25) is 0 Å². The zero-order chi connectivity index (χ0) is 16.4. The molecule has 0 spiro atoms. The van der Waals surface area contributed by atoms with E-state index < -0.39 is 0 Å². The molecule has 3 nitrogen and oxygen atoms in total. The topological polar surface area (TPSA) is 38.7 Å². The van der Waals surface area contributed by atoms with Crippen LogP contribution in [-0.2, 0) is 15.3 Å². The van der Waals surface area contributed by atoms with E-state index in [4.69, 9.17) is 4.74 Å². The number of hydrogen-bond acceptors (Lipinski definition) is 4. The Morgan fingerprint density at radius 1 is 1.32 bits per heavy atom. The number of benzene rings is 1. The molecule has 22 heavy (non-hydrogen) atoms. The summed E-state index contributed by atoms with van der Waals surface area (Å²) in [5.74, 6) is 0.589. The van der Waals surface area contributed by atoms with Gasteiger partial charge in [-0.25, -0.2) is 4.39 Å². The van der Waals surface area contributed by atoms with Gasteiger partial charge in [-0.05, 0) is 38.0 Å². The first-order valence-electron chi connectivity index (χ1n) is 7.64. The molecule has 0 saturated heterocycles. The maximum atomic E-state index is 12.9. The number of esters is 1. The van der Waals surface area contributed by atoms with E-state index in [0.29, 0.717) is 13.0 Å². The largest absolute Gasteiger partial charge is 0.466 e. The van der Waals surface area contributed by atoms with E-state index in [0.717, 1.165) is 29.3 Å². The number of carbonyl (C=O) groups excluding carboxylic acids is 1. The van der Waals surface area contributed by atoms with Crippen molar-refractivity contribution in [2.75, 3.05) is 13.2 Å². The number of thioether (sulfide) groups is 1. The zero-order valence-corrected chi connectivity index (χ0v) is 14.3. The molecule has 0 heterocycles. The highest BCUT2D eigenvalue weighted by atomic mass is 32.2. The van der Waals surface area contributed by atoms with Crippen LogP contribution in [0.15, 0.2) is 29.3 Å². The minimum absolute atomic E-state index is 0.159. The van der Waals surface area contributed by atoms with Crippen LogP contribution in [0.25, 0.3) is 0 Å². The summed E-state index contributed by atoms with van der Waals surface area (Å²) < 4.78 is 17.9. The number of halogens is 1. The second-order valence-corrected chi connectivity index (χ2v) is 5.97. The summed E-state index contributed by atoms with van der Waals surface area (Å²) in [5.41, 5.74) is 1.06. The van der Waals surface area contributed by atoms with Crippen molar-refractivity contribution in [2.45, 2.75) is 39.4 Å². The Morgan fingerprint density at radius 2 is 2.00 bits per heavy atom. The highest BCUT2D eigenvalue weighted by Crippen LogP contribution is 2.22. The molecule has 5 heteroatoms. The summed E-state index contributed by atoms with van der Waals surface area (Å²) in [4.78, 5) is 16.0. The summed E-state index contributed by atoms with van der Waals surface area (Å²) >= 11 is 1.65. The number of rotatable bonds is 8. The van der Waals surface area contributed by atoms with Crippen molar-refractivity contribution in [1.29, 1.82) is 0 Å². The predicted molar refractivity (Wildman–Crippen MR) is 90.7 cm³/mol. The molecule has 0 bridgehead atoms. The quantitative estimate of drug-likeness (QED) is 0.402. The third kappa shape index (κ3) is 7.07. The van der Waals surface area contributed by atoms with Gasteiger partial charge in [0.25, 0.3) is 0 Å². The Kier molecular flexibility index (Phi) is 8.82. The maximum Gasteiger partial charge on any atom is 0.305 e. The second kappa shape index (κ2) is 10.4. The van der Waals surface area contributed by atoms with E-state index in [1.54, 1.807) is 23.9 Å². The standard InChI is InChI=1S/C17H24FNO2S/c1-4-19-17(13(3)6-11-16(20)21-5-2)22-12-14-7-9-15(18)10-8-14/h7-10,13H,4-6,11-12H2,1-3H3. The smallest absolute Gasteiger partial charge is 0.305 e. The van der Waals surface area contributed by atoms with Crippen LogP contribution in [-0.4, -0.2) is 24.2 Å². The number of nitrogens with zero attached hydrogens (tertiary/aromatic N) is 1.